The Morgan fingerprint density at radius 1 is 1.32 bits per heavy atom. The molecule has 0 radical (unpaired) electrons. The standard InChI is InChI=1S/C15H26BrN3/c1-4-9-17-11-15(7-8-15)10-13-14(16)12(5-2)18-19(13)6-3/h17H,4-11H2,1-3H3. The van der Waals surface area contributed by atoms with Gasteiger partial charge in [-0.2, -0.15) is 5.10 Å². The van der Waals surface area contributed by atoms with E-state index in [2.05, 4.69) is 46.7 Å². The summed E-state index contributed by atoms with van der Waals surface area (Å²) in [5, 5.41) is 8.30. The lowest BCUT2D eigenvalue weighted by Gasteiger charge is -2.17. The first-order chi connectivity index (χ1) is 9.15. The Hall–Kier alpha value is -0.350. The van der Waals surface area contributed by atoms with Gasteiger partial charge in [-0.25, -0.2) is 0 Å². The summed E-state index contributed by atoms with van der Waals surface area (Å²) in [6, 6.07) is 0. The molecular weight excluding hydrogens is 302 g/mol. The number of nitrogens with zero attached hydrogens (tertiary/aromatic N) is 2. The summed E-state index contributed by atoms with van der Waals surface area (Å²) in [6.45, 7) is 9.83. The minimum atomic E-state index is 0.496. The van der Waals surface area contributed by atoms with Crippen LogP contribution in [0.3, 0.4) is 0 Å². The third-order valence-electron chi connectivity index (χ3n) is 4.12. The molecular formula is C15H26BrN3. The van der Waals surface area contributed by atoms with Gasteiger partial charge in [0.25, 0.3) is 0 Å². The summed E-state index contributed by atoms with van der Waals surface area (Å²) in [4.78, 5) is 0. The van der Waals surface area contributed by atoms with Gasteiger partial charge in [-0.3, -0.25) is 4.68 Å². The molecule has 0 aliphatic heterocycles. The van der Waals surface area contributed by atoms with Gasteiger partial charge in [0.2, 0.25) is 0 Å². The summed E-state index contributed by atoms with van der Waals surface area (Å²) in [7, 11) is 0. The molecule has 1 N–H and O–H groups in total. The van der Waals surface area contributed by atoms with E-state index < -0.39 is 0 Å². The lowest BCUT2D eigenvalue weighted by atomic mass is 9.99. The first-order valence-electron chi connectivity index (χ1n) is 7.60. The predicted molar refractivity (Wildman–Crippen MR) is 83.5 cm³/mol. The zero-order valence-corrected chi connectivity index (χ0v) is 14.0. The molecule has 0 atom stereocenters. The number of rotatable bonds is 8. The molecule has 19 heavy (non-hydrogen) atoms. The van der Waals surface area contributed by atoms with Crippen molar-refractivity contribution in [1.29, 1.82) is 0 Å². The van der Waals surface area contributed by atoms with Crippen molar-refractivity contribution in [3.8, 4) is 0 Å². The zero-order valence-electron chi connectivity index (χ0n) is 12.4. The van der Waals surface area contributed by atoms with Crippen molar-refractivity contribution in [3.05, 3.63) is 15.9 Å². The lowest BCUT2D eigenvalue weighted by Crippen LogP contribution is -2.27. The quantitative estimate of drug-likeness (QED) is 0.740. The molecule has 0 amide bonds. The molecule has 1 fully saturated rings. The zero-order chi connectivity index (χ0) is 13.9. The van der Waals surface area contributed by atoms with Gasteiger partial charge in [0.1, 0.15) is 0 Å². The highest BCUT2D eigenvalue weighted by Gasteiger charge is 2.43. The third-order valence-corrected chi connectivity index (χ3v) is 5.04. The fraction of sp³-hybridized carbons (Fsp3) is 0.800. The van der Waals surface area contributed by atoms with Crippen LogP contribution in [0.15, 0.2) is 4.47 Å². The number of aromatic nitrogens is 2. The largest absolute Gasteiger partial charge is 0.316 e. The van der Waals surface area contributed by atoms with E-state index >= 15 is 0 Å². The summed E-state index contributed by atoms with van der Waals surface area (Å²) in [5.41, 5.74) is 3.10. The second-order valence-electron chi connectivity index (χ2n) is 5.73. The topological polar surface area (TPSA) is 29.9 Å². The Morgan fingerprint density at radius 2 is 2.05 bits per heavy atom. The molecule has 0 spiro atoms. The highest BCUT2D eigenvalue weighted by atomic mass is 79.9. The van der Waals surface area contributed by atoms with E-state index in [1.165, 1.54) is 35.1 Å². The van der Waals surface area contributed by atoms with Crippen LogP contribution < -0.4 is 5.32 Å². The van der Waals surface area contributed by atoms with Crippen molar-refractivity contribution in [2.45, 2.75) is 59.4 Å². The van der Waals surface area contributed by atoms with Crippen LogP contribution >= 0.6 is 15.9 Å². The molecule has 4 heteroatoms. The number of halogens is 1. The van der Waals surface area contributed by atoms with Gasteiger partial charge in [-0.05, 0) is 66.9 Å². The maximum atomic E-state index is 4.70. The molecule has 1 aliphatic rings. The summed E-state index contributed by atoms with van der Waals surface area (Å²) < 4.78 is 3.43. The molecule has 1 aromatic heterocycles. The second-order valence-corrected chi connectivity index (χ2v) is 6.52. The SMILES string of the molecule is CCCNCC1(Cc2c(Br)c(CC)nn2CC)CC1. The molecule has 0 unspecified atom stereocenters. The van der Waals surface area contributed by atoms with Crippen LogP contribution in [0.1, 0.15) is 51.4 Å². The van der Waals surface area contributed by atoms with Gasteiger partial charge >= 0.3 is 0 Å². The predicted octanol–water partition coefficient (Wildman–Crippen LogP) is 3.55. The van der Waals surface area contributed by atoms with E-state index in [9.17, 15) is 0 Å². The minimum absolute atomic E-state index is 0.496. The average molecular weight is 328 g/mol. The average Bonchev–Trinajstić information content (AvgIpc) is 3.11. The van der Waals surface area contributed by atoms with Crippen LogP contribution in [0.5, 0.6) is 0 Å². The summed E-state index contributed by atoms with van der Waals surface area (Å²) in [5.74, 6) is 0. The molecule has 0 saturated heterocycles. The highest BCUT2D eigenvalue weighted by molar-refractivity contribution is 9.10. The Balaban J connectivity index is 2.08. The Bertz CT molecular complexity index is 421. The van der Waals surface area contributed by atoms with Crippen molar-refractivity contribution in [3.63, 3.8) is 0 Å². The van der Waals surface area contributed by atoms with Gasteiger partial charge in [0, 0.05) is 13.1 Å². The Labute approximate surface area is 125 Å². The maximum Gasteiger partial charge on any atom is 0.0766 e. The van der Waals surface area contributed by atoms with E-state index in [-0.39, 0.29) is 0 Å². The molecule has 108 valence electrons. The van der Waals surface area contributed by atoms with E-state index in [0.717, 1.165) is 32.5 Å². The molecule has 1 aliphatic carbocycles. The van der Waals surface area contributed by atoms with Crippen molar-refractivity contribution in [2.24, 2.45) is 5.41 Å². The Morgan fingerprint density at radius 3 is 2.58 bits per heavy atom. The molecule has 1 aromatic rings. The third kappa shape index (κ3) is 3.40. The molecule has 0 bridgehead atoms. The maximum absolute atomic E-state index is 4.70. The first-order valence-corrected chi connectivity index (χ1v) is 8.40. The molecule has 0 aromatic carbocycles. The second kappa shape index (κ2) is 6.40. The number of hydrogen-bond donors (Lipinski definition) is 1. The monoisotopic (exact) mass is 327 g/mol. The van der Waals surface area contributed by atoms with Crippen molar-refractivity contribution >= 4 is 15.9 Å². The van der Waals surface area contributed by atoms with Gasteiger partial charge in [0.05, 0.1) is 15.9 Å². The molecule has 2 rings (SSSR count). The van der Waals surface area contributed by atoms with Gasteiger partial charge in [-0.15, -0.1) is 0 Å². The van der Waals surface area contributed by atoms with E-state index in [4.69, 9.17) is 5.10 Å². The van der Waals surface area contributed by atoms with E-state index in [1.807, 2.05) is 0 Å². The van der Waals surface area contributed by atoms with E-state index in [0.29, 0.717) is 5.41 Å². The smallest absolute Gasteiger partial charge is 0.0766 e. The van der Waals surface area contributed by atoms with Gasteiger partial charge < -0.3 is 5.32 Å². The first kappa shape index (κ1) is 15.0. The van der Waals surface area contributed by atoms with Crippen molar-refractivity contribution < 1.29 is 0 Å². The van der Waals surface area contributed by atoms with Crippen LogP contribution in [-0.2, 0) is 19.4 Å². The fourth-order valence-electron chi connectivity index (χ4n) is 2.66. The fourth-order valence-corrected chi connectivity index (χ4v) is 3.37. The van der Waals surface area contributed by atoms with Crippen LogP contribution in [0.25, 0.3) is 0 Å². The minimum Gasteiger partial charge on any atom is -0.316 e. The summed E-state index contributed by atoms with van der Waals surface area (Å²) >= 11 is 3.76. The van der Waals surface area contributed by atoms with Gasteiger partial charge in [0.15, 0.2) is 0 Å². The van der Waals surface area contributed by atoms with E-state index in [1.54, 1.807) is 0 Å². The van der Waals surface area contributed by atoms with Crippen LogP contribution in [0.2, 0.25) is 0 Å². The Kier molecular flexibility index (Phi) is 5.07. The lowest BCUT2D eigenvalue weighted by molar-refractivity contribution is 0.437. The van der Waals surface area contributed by atoms with Crippen molar-refractivity contribution in [2.75, 3.05) is 13.1 Å². The highest BCUT2D eigenvalue weighted by Crippen LogP contribution is 2.48. The number of aryl methyl sites for hydroxylation is 2. The van der Waals surface area contributed by atoms with Crippen LogP contribution in [0.4, 0.5) is 0 Å². The summed E-state index contributed by atoms with van der Waals surface area (Å²) in [6.07, 6.45) is 6.08. The normalized spacial score (nSPS) is 16.8. The number of nitrogens with one attached hydrogen (secondary N) is 1. The van der Waals surface area contributed by atoms with Crippen LogP contribution in [0, 0.1) is 5.41 Å². The van der Waals surface area contributed by atoms with Gasteiger partial charge in [-0.1, -0.05) is 13.8 Å². The molecule has 3 nitrogen and oxygen atoms in total. The molecule has 1 heterocycles. The van der Waals surface area contributed by atoms with Crippen LogP contribution in [-0.4, -0.2) is 22.9 Å². The van der Waals surface area contributed by atoms with Crippen molar-refractivity contribution in [1.82, 2.24) is 15.1 Å². The number of hydrogen-bond acceptors (Lipinski definition) is 2. The molecule has 1 saturated carbocycles.